The monoisotopic (exact) mass is 271 g/mol. The fourth-order valence-electron chi connectivity index (χ4n) is 3.87. The van der Waals surface area contributed by atoms with E-state index in [0.717, 1.165) is 12.1 Å². The maximum atomic E-state index is 4.81. The molecule has 1 fully saturated rings. The van der Waals surface area contributed by atoms with Gasteiger partial charge in [-0.05, 0) is 38.7 Å². The maximum Gasteiger partial charge on any atom is 0.0896 e. The Morgan fingerprint density at radius 3 is 2.80 bits per heavy atom. The Bertz CT molecular complexity index is 666. The standard InChI is InChI=1S/C15H21N5/c1-9-7-13(19(2)17-9)15-11-8-10-5-4-6-12(16-10)14(11)18-20(15)3/h7,10,12,16H,4-6,8H2,1-3H3/t10-,12+/m1/s1. The molecule has 20 heavy (non-hydrogen) atoms. The van der Waals surface area contributed by atoms with Crippen LogP contribution in [0.3, 0.4) is 0 Å². The smallest absolute Gasteiger partial charge is 0.0896 e. The lowest BCUT2D eigenvalue weighted by Crippen LogP contribution is -2.42. The van der Waals surface area contributed by atoms with E-state index >= 15 is 0 Å². The predicted molar refractivity (Wildman–Crippen MR) is 77.4 cm³/mol. The van der Waals surface area contributed by atoms with Crippen LogP contribution in [-0.4, -0.2) is 25.6 Å². The van der Waals surface area contributed by atoms with Crippen molar-refractivity contribution in [2.45, 2.75) is 44.7 Å². The zero-order valence-electron chi connectivity index (χ0n) is 12.3. The average Bonchev–Trinajstić information content (AvgIpc) is 2.89. The van der Waals surface area contributed by atoms with Crippen LogP contribution in [0.25, 0.3) is 11.4 Å². The van der Waals surface area contributed by atoms with Gasteiger partial charge in [-0.25, -0.2) is 0 Å². The lowest BCUT2D eigenvalue weighted by atomic mass is 9.84. The van der Waals surface area contributed by atoms with E-state index in [1.807, 2.05) is 23.3 Å². The molecule has 2 aliphatic heterocycles. The van der Waals surface area contributed by atoms with E-state index < -0.39 is 0 Å². The van der Waals surface area contributed by atoms with Crippen LogP contribution in [0, 0.1) is 6.92 Å². The topological polar surface area (TPSA) is 47.7 Å². The highest BCUT2D eigenvalue weighted by Gasteiger charge is 2.35. The number of hydrogen-bond acceptors (Lipinski definition) is 3. The highest BCUT2D eigenvalue weighted by Crippen LogP contribution is 2.38. The summed E-state index contributed by atoms with van der Waals surface area (Å²) in [4.78, 5) is 0. The number of aryl methyl sites for hydroxylation is 3. The van der Waals surface area contributed by atoms with Crippen LogP contribution in [0.4, 0.5) is 0 Å². The lowest BCUT2D eigenvalue weighted by Gasteiger charge is -2.35. The summed E-state index contributed by atoms with van der Waals surface area (Å²) in [5.41, 5.74) is 6.19. The zero-order chi connectivity index (χ0) is 13.9. The number of hydrogen-bond donors (Lipinski definition) is 1. The molecule has 0 aliphatic carbocycles. The number of aromatic nitrogens is 4. The van der Waals surface area contributed by atoms with Gasteiger partial charge < -0.3 is 5.32 Å². The third-order valence-corrected chi connectivity index (χ3v) is 4.68. The second-order valence-electron chi connectivity index (χ2n) is 6.18. The van der Waals surface area contributed by atoms with E-state index in [-0.39, 0.29) is 0 Å². The first-order chi connectivity index (χ1) is 9.63. The summed E-state index contributed by atoms with van der Waals surface area (Å²) in [5.74, 6) is 0. The Labute approximate surface area is 119 Å². The zero-order valence-corrected chi connectivity index (χ0v) is 12.3. The number of piperidine rings is 1. The molecule has 0 aromatic carbocycles. The summed E-state index contributed by atoms with van der Waals surface area (Å²) in [7, 11) is 4.07. The first kappa shape index (κ1) is 12.1. The molecular weight excluding hydrogens is 250 g/mol. The summed E-state index contributed by atoms with van der Waals surface area (Å²) in [6.07, 6.45) is 4.91. The molecular formula is C15H21N5. The summed E-state index contributed by atoms with van der Waals surface area (Å²) < 4.78 is 4.02. The average molecular weight is 271 g/mol. The first-order valence-corrected chi connectivity index (χ1v) is 7.46. The predicted octanol–water partition coefficient (Wildman–Crippen LogP) is 1.87. The largest absolute Gasteiger partial charge is 0.305 e. The molecule has 0 radical (unpaired) electrons. The quantitative estimate of drug-likeness (QED) is 0.861. The van der Waals surface area contributed by atoms with Gasteiger partial charge in [0, 0.05) is 25.7 Å². The van der Waals surface area contributed by atoms with E-state index in [1.165, 1.54) is 41.9 Å². The summed E-state index contributed by atoms with van der Waals surface area (Å²) in [6, 6.07) is 3.24. The van der Waals surface area contributed by atoms with Crippen LogP contribution in [0.5, 0.6) is 0 Å². The van der Waals surface area contributed by atoms with Gasteiger partial charge in [0.1, 0.15) is 0 Å². The number of nitrogens with one attached hydrogen (secondary N) is 1. The number of fused-ring (bicyclic) bond motifs is 4. The third-order valence-electron chi connectivity index (χ3n) is 4.68. The Balaban J connectivity index is 1.90. The van der Waals surface area contributed by atoms with Crippen molar-refractivity contribution in [3.05, 3.63) is 23.0 Å². The Morgan fingerprint density at radius 2 is 2.05 bits per heavy atom. The van der Waals surface area contributed by atoms with Gasteiger partial charge in [0.25, 0.3) is 0 Å². The van der Waals surface area contributed by atoms with Crippen molar-refractivity contribution in [1.82, 2.24) is 24.9 Å². The highest BCUT2D eigenvalue weighted by molar-refractivity contribution is 5.63. The van der Waals surface area contributed by atoms with Crippen molar-refractivity contribution >= 4 is 0 Å². The molecule has 4 heterocycles. The minimum Gasteiger partial charge on any atom is -0.305 e. The highest BCUT2D eigenvalue weighted by atomic mass is 15.3. The van der Waals surface area contributed by atoms with Crippen LogP contribution in [0.2, 0.25) is 0 Å². The normalized spacial score (nSPS) is 24.8. The maximum absolute atomic E-state index is 4.81. The molecule has 2 atom stereocenters. The van der Waals surface area contributed by atoms with E-state index in [4.69, 9.17) is 5.10 Å². The molecule has 1 saturated heterocycles. The Morgan fingerprint density at radius 1 is 1.20 bits per heavy atom. The van der Waals surface area contributed by atoms with Gasteiger partial charge in [-0.3, -0.25) is 9.36 Å². The second kappa shape index (κ2) is 4.19. The molecule has 2 bridgehead atoms. The minimum atomic E-state index is 0.451. The van der Waals surface area contributed by atoms with Gasteiger partial charge >= 0.3 is 0 Å². The van der Waals surface area contributed by atoms with Gasteiger partial charge in [-0.1, -0.05) is 0 Å². The van der Waals surface area contributed by atoms with E-state index in [1.54, 1.807) is 0 Å². The summed E-state index contributed by atoms with van der Waals surface area (Å²) in [6.45, 7) is 2.04. The number of rotatable bonds is 1. The van der Waals surface area contributed by atoms with Crippen LogP contribution in [0.1, 0.15) is 42.3 Å². The first-order valence-electron chi connectivity index (χ1n) is 7.46. The molecule has 2 aliphatic rings. The van der Waals surface area contributed by atoms with Gasteiger partial charge in [0.15, 0.2) is 0 Å². The van der Waals surface area contributed by atoms with Crippen molar-refractivity contribution in [2.24, 2.45) is 14.1 Å². The molecule has 2 aromatic rings. The SMILES string of the molecule is Cc1cc(-c2c3c(nn2C)[C@@H]2CCC[C@H](C3)N2)n(C)n1. The molecule has 5 nitrogen and oxygen atoms in total. The minimum absolute atomic E-state index is 0.451. The second-order valence-corrected chi connectivity index (χ2v) is 6.18. The summed E-state index contributed by atoms with van der Waals surface area (Å²) in [5, 5.41) is 13.0. The summed E-state index contributed by atoms with van der Waals surface area (Å²) >= 11 is 0. The van der Waals surface area contributed by atoms with Crippen molar-refractivity contribution in [2.75, 3.05) is 0 Å². The third kappa shape index (κ3) is 1.66. The molecule has 0 amide bonds. The van der Waals surface area contributed by atoms with Crippen LogP contribution in [-0.2, 0) is 20.5 Å². The Kier molecular flexibility index (Phi) is 2.54. The molecule has 5 heteroatoms. The van der Waals surface area contributed by atoms with Gasteiger partial charge in [0.05, 0.1) is 28.8 Å². The lowest BCUT2D eigenvalue weighted by molar-refractivity contribution is 0.297. The molecule has 1 N–H and O–H groups in total. The fraction of sp³-hybridized carbons (Fsp3) is 0.600. The van der Waals surface area contributed by atoms with Crippen molar-refractivity contribution in [3.8, 4) is 11.4 Å². The van der Waals surface area contributed by atoms with E-state index in [2.05, 4.69) is 23.5 Å². The van der Waals surface area contributed by atoms with Crippen molar-refractivity contribution in [1.29, 1.82) is 0 Å². The van der Waals surface area contributed by atoms with Crippen LogP contribution in [0.15, 0.2) is 6.07 Å². The molecule has 0 unspecified atom stereocenters. The van der Waals surface area contributed by atoms with Gasteiger partial charge in [-0.2, -0.15) is 10.2 Å². The molecule has 4 rings (SSSR count). The van der Waals surface area contributed by atoms with E-state index in [9.17, 15) is 0 Å². The van der Waals surface area contributed by atoms with Gasteiger partial charge in [0.2, 0.25) is 0 Å². The van der Waals surface area contributed by atoms with Crippen LogP contribution >= 0.6 is 0 Å². The molecule has 106 valence electrons. The van der Waals surface area contributed by atoms with Crippen molar-refractivity contribution in [3.63, 3.8) is 0 Å². The van der Waals surface area contributed by atoms with Crippen LogP contribution < -0.4 is 5.32 Å². The molecule has 2 aromatic heterocycles. The fourth-order valence-corrected chi connectivity index (χ4v) is 3.87. The van der Waals surface area contributed by atoms with E-state index in [0.29, 0.717) is 12.1 Å². The number of nitrogens with zero attached hydrogens (tertiary/aromatic N) is 4. The van der Waals surface area contributed by atoms with Crippen molar-refractivity contribution < 1.29 is 0 Å². The molecule has 0 saturated carbocycles. The molecule has 0 spiro atoms. The van der Waals surface area contributed by atoms with Gasteiger partial charge in [-0.15, -0.1) is 0 Å². The Hall–Kier alpha value is -1.62.